The van der Waals surface area contributed by atoms with Crippen LogP contribution in [0.15, 0.2) is 24.3 Å². The number of unbranched alkanes of at least 4 members (excludes halogenated alkanes) is 8. The predicted molar refractivity (Wildman–Crippen MR) is 155 cm³/mol. The van der Waals surface area contributed by atoms with Gasteiger partial charge in [0.05, 0.1) is 71.0 Å². The van der Waals surface area contributed by atoms with Gasteiger partial charge in [-0.15, -0.1) is 0 Å². The highest BCUT2D eigenvalue weighted by Crippen LogP contribution is 2.17. The molecule has 0 saturated carbocycles. The lowest BCUT2D eigenvalue weighted by Gasteiger charge is -2.09. The first kappa shape index (κ1) is 36.7. The molecule has 0 heterocycles. The Hall–Kier alpha value is -2.31. The van der Waals surface area contributed by atoms with Crippen molar-refractivity contribution in [3.63, 3.8) is 0 Å². The van der Waals surface area contributed by atoms with Gasteiger partial charge in [0.15, 0.2) is 0 Å². The molecule has 0 amide bonds. The average molecular weight is 586 g/mol. The topological polar surface area (TPSA) is 125 Å². The number of nitro groups is 1. The largest absolute Gasteiger partial charge is 0.491 e. The molecule has 0 saturated heterocycles. The van der Waals surface area contributed by atoms with Gasteiger partial charge < -0.3 is 33.2 Å². The molecule has 1 rings (SSSR count). The number of ether oxygens (including phenoxy) is 7. The average Bonchev–Trinajstić information content (AvgIpc) is 2.97. The molecule has 0 unspecified atom stereocenters. The maximum atomic E-state index is 11.7. The van der Waals surface area contributed by atoms with E-state index < -0.39 is 4.92 Å². The predicted octanol–water partition coefficient (Wildman–Crippen LogP) is 5.52. The van der Waals surface area contributed by atoms with Crippen molar-refractivity contribution in [1.29, 1.82) is 0 Å². The van der Waals surface area contributed by atoms with E-state index in [2.05, 4.69) is 6.92 Å². The van der Waals surface area contributed by atoms with Gasteiger partial charge >= 0.3 is 5.97 Å². The molecule has 1 aromatic carbocycles. The van der Waals surface area contributed by atoms with Gasteiger partial charge in [0.2, 0.25) is 0 Å². The van der Waals surface area contributed by atoms with Crippen molar-refractivity contribution >= 4 is 11.7 Å². The van der Waals surface area contributed by atoms with E-state index in [0.717, 1.165) is 12.8 Å². The van der Waals surface area contributed by atoms with Crippen LogP contribution < -0.4 is 4.74 Å². The number of rotatable bonds is 30. The number of carbonyl (C=O) groups excluding carboxylic acids is 1. The number of nitrogens with zero attached hydrogens (tertiary/aromatic N) is 1. The monoisotopic (exact) mass is 585 g/mol. The molecule has 0 aromatic heterocycles. The molecular formula is C30H51NO10. The van der Waals surface area contributed by atoms with Crippen LogP contribution in [0.4, 0.5) is 5.69 Å². The van der Waals surface area contributed by atoms with Crippen molar-refractivity contribution in [2.24, 2.45) is 0 Å². The highest BCUT2D eigenvalue weighted by molar-refractivity contribution is 5.69. The van der Waals surface area contributed by atoms with E-state index >= 15 is 0 Å². The Labute approximate surface area is 245 Å². The van der Waals surface area contributed by atoms with Crippen molar-refractivity contribution in [3.05, 3.63) is 34.4 Å². The Morgan fingerprint density at radius 2 is 1.02 bits per heavy atom. The summed E-state index contributed by atoms with van der Waals surface area (Å²) in [6.07, 6.45) is 11.5. The normalized spacial score (nSPS) is 11.0. The van der Waals surface area contributed by atoms with Crippen molar-refractivity contribution in [3.8, 4) is 5.75 Å². The summed E-state index contributed by atoms with van der Waals surface area (Å²) in [7, 11) is 0. The smallest absolute Gasteiger partial charge is 0.305 e. The number of hydrogen-bond acceptors (Lipinski definition) is 10. The summed E-state index contributed by atoms with van der Waals surface area (Å²) in [6.45, 7) is 7.26. The molecule has 41 heavy (non-hydrogen) atoms. The summed E-state index contributed by atoms with van der Waals surface area (Å²) in [4.78, 5) is 21.9. The summed E-state index contributed by atoms with van der Waals surface area (Å²) in [5.74, 6) is 0.411. The first-order valence-electron chi connectivity index (χ1n) is 15.0. The zero-order chi connectivity index (χ0) is 29.6. The van der Waals surface area contributed by atoms with Crippen LogP contribution in [-0.4, -0.2) is 90.2 Å². The fourth-order valence-electron chi connectivity index (χ4n) is 3.73. The molecule has 236 valence electrons. The third kappa shape index (κ3) is 24.0. The molecule has 0 spiro atoms. The molecule has 1 aromatic rings. The van der Waals surface area contributed by atoms with Gasteiger partial charge in [0.25, 0.3) is 5.69 Å². The molecule has 0 radical (unpaired) electrons. The van der Waals surface area contributed by atoms with Crippen LogP contribution in [0.1, 0.15) is 71.1 Å². The summed E-state index contributed by atoms with van der Waals surface area (Å²) >= 11 is 0. The van der Waals surface area contributed by atoms with Crippen molar-refractivity contribution < 1.29 is 42.9 Å². The maximum absolute atomic E-state index is 11.7. The molecule has 0 bridgehead atoms. The second-order valence-electron chi connectivity index (χ2n) is 9.46. The van der Waals surface area contributed by atoms with E-state index in [9.17, 15) is 14.9 Å². The molecule has 11 nitrogen and oxygen atoms in total. The van der Waals surface area contributed by atoms with Crippen LogP contribution in [0.2, 0.25) is 0 Å². The Morgan fingerprint density at radius 3 is 1.49 bits per heavy atom. The van der Waals surface area contributed by atoms with E-state index in [4.69, 9.17) is 33.2 Å². The number of carbonyl (C=O) groups is 1. The van der Waals surface area contributed by atoms with Gasteiger partial charge in [-0.25, -0.2) is 0 Å². The zero-order valence-corrected chi connectivity index (χ0v) is 24.9. The SMILES string of the molecule is CCCCCCCCCCCC(=O)OCCOCCOCCOCCOCCOCCOc1ccc([N+](=O)[O-])cc1. The molecule has 0 aliphatic heterocycles. The molecule has 0 fully saturated rings. The fraction of sp³-hybridized carbons (Fsp3) is 0.767. The number of nitro benzene ring substituents is 1. The quantitative estimate of drug-likeness (QED) is 0.0493. The van der Waals surface area contributed by atoms with E-state index in [1.807, 2.05) is 0 Å². The minimum Gasteiger partial charge on any atom is -0.491 e. The van der Waals surface area contributed by atoms with Crippen molar-refractivity contribution in [2.75, 3.05) is 79.3 Å². The van der Waals surface area contributed by atoms with Crippen LogP contribution in [-0.2, 0) is 33.2 Å². The van der Waals surface area contributed by atoms with Crippen LogP contribution in [0.5, 0.6) is 5.75 Å². The number of non-ortho nitro benzene ring substituents is 1. The minimum absolute atomic E-state index is 0.0267. The van der Waals surface area contributed by atoms with E-state index in [-0.39, 0.29) is 18.3 Å². The standard InChI is InChI=1S/C30H51NO10/c1-2-3-4-5-6-7-8-9-10-11-30(32)41-27-25-39-23-21-37-19-17-35-16-18-36-20-22-38-24-26-40-29-14-12-28(13-15-29)31(33)34/h12-15H,2-11,16-27H2,1H3. The summed E-state index contributed by atoms with van der Waals surface area (Å²) in [6, 6.07) is 5.91. The first-order chi connectivity index (χ1) is 20.1. The van der Waals surface area contributed by atoms with Gasteiger partial charge in [0, 0.05) is 18.6 Å². The highest BCUT2D eigenvalue weighted by atomic mass is 16.6. The van der Waals surface area contributed by atoms with Gasteiger partial charge in [-0.3, -0.25) is 14.9 Å². The van der Waals surface area contributed by atoms with Gasteiger partial charge in [-0.1, -0.05) is 58.3 Å². The van der Waals surface area contributed by atoms with Gasteiger partial charge in [0.1, 0.15) is 19.0 Å². The molecule has 0 aliphatic rings. The Bertz CT molecular complexity index is 747. The minimum atomic E-state index is -0.452. The molecular weight excluding hydrogens is 534 g/mol. The first-order valence-corrected chi connectivity index (χ1v) is 15.0. The van der Waals surface area contributed by atoms with Crippen LogP contribution in [0.3, 0.4) is 0 Å². The lowest BCUT2D eigenvalue weighted by Crippen LogP contribution is -2.15. The Morgan fingerprint density at radius 1 is 0.610 bits per heavy atom. The number of hydrogen-bond donors (Lipinski definition) is 0. The van der Waals surface area contributed by atoms with Gasteiger partial charge in [-0.05, 0) is 18.6 Å². The van der Waals surface area contributed by atoms with Crippen LogP contribution >= 0.6 is 0 Å². The molecule has 0 N–H and O–H groups in total. The number of esters is 1. The summed E-state index contributed by atoms with van der Waals surface area (Å²) in [5, 5.41) is 10.6. The molecule has 0 atom stereocenters. The van der Waals surface area contributed by atoms with Crippen LogP contribution in [0, 0.1) is 10.1 Å². The highest BCUT2D eigenvalue weighted by Gasteiger charge is 2.04. The number of benzene rings is 1. The fourth-order valence-corrected chi connectivity index (χ4v) is 3.73. The molecule has 0 aliphatic carbocycles. The zero-order valence-electron chi connectivity index (χ0n) is 24.9. The van der Waals surface area contributed by atoms with E-state index in [1.165, 1.54) is 57.1 Å². The van der Waals surface area contributed by atoms with Gasteiger partial charge in [-0.2, -0.15) is 0 Å². The summed E-state index contributed by atoms with van der Waals surface area (Å²) < 4.78 is 37.8. The van der Waals surface area contributed by atoms with Crippen molar-refractivity contribution in [1.82, 2.24) is 0 Å². The van der Waals surface area contributed by atoms with Crippen LogP contribution in [0.25, 0.3) is 0 Å². The maximum Gasteiger partial charge on any atom is 0.305 e. The third-order valence-electron chi connectivity index (χ3n) is 6.01. The second kappa shape index (κ2) is 27.8. The van der Waals surface area contributed by atoms with E-state index in [0.29, 0.717) is 84.8 Å². The Balaban J connectivity index is 1.72. The van der Waals surface area contributed by atoms with E-state index in [1.54, 1.807) is 12.1 Å². The van der Waals surface area contributed by atoms with Crippen molar-refractivity contribution in [2.45, 2.75) is 71.1 Å². The summed E-state index contributed by atoms with van der Waals surface area (Å²) in [5.41, 5.74) is 0.0267. The Kier molecular flexibility index (Phi) is 24.9. The third-order valence-corrected chi connectivity index (χ3v) is 6.01. The lowest BCUT2D eigenvalue weighted by atomic mass is 10.1. The second-order valence-corrected chi connectivity index (χ2v) is 9.46. The lowest BCUT2D eigenvalue weighted by molar-refractivity contribution is -0.384. The molecule has 11 heteroatoms.